The molecule has 0 spiro atoms. The fourth-order valence-electron chi connectivity index (χ4n) is 5.87. The quantitative estimate of drug-likeness (QED) is 0.647. The Labute approximate surface area is 199 Å². The SMILES string of the molecule is CC1(C=O)CC1N1CC[C@](C)(N2CCc3c(-c4cnc(N)nc4)nc(N4CCOCC4)nc32)C1. The van der Waals surface area contributed by atoms with Gasteiger partial charge in [0.05, 0.1) is 24.4 Å². The van der Waals surface area contributed by atoms with Gasteiger partial charge in [-0.3, -0.25) is 4.90 Å². The van der Waals surface area contributed by atoms with Crippen LogP contribution in [0.5, 0.6) is 0 Å². The first kappa shape index (κ1) is 21.7. The maximum Gasteiger partial charge on any atom is 0.228 e. The van der Waals surface area contributed by atoms with Crippen LogP contribution in [0.2, 0.25) is 0 Å². The topological polar surface area (TPSA) is 114 Å². The van der Waals surface area contributed by atoms with E-state index < -0.39 is 0 Å². The van der Waals surface area contributed by atoms with Gasteiger partial charge in [0.25, 0.3) is 0 Å². The van der Waals surface area contributed by atoms with E-state index in [1.807, 2.05) is 0 Å². The number of nitrogen functional groups attached to an aromatic ring is 1. The number of likely N-dealkylation sites (tertiary alicyclic amines) is 1. The lowest BCUT2D eigenvalue weighted by atomic mass is 9.99. The Morgan fingerprint density at radius 3 is 2.59 bits per heavy atom. The average Bonchev–Trinajstić information content (AvgIpc) is 3.17. The summed E-state index contributed by atoms with van der Waals surface area (Å²) >= 11 is 0. The van der Waals surface area contributed by atoms with Crippen LogP contribution in [0.1, 0.15) is 32.3 Å². The largest absolute Gasteiger partial charge is 0.378 e. The zero-order chi connectivity index (χ0) is 23.5. The number of ether oxygens (including phenoxy) is 1. The van der Waals surface area contributed by atoms with Crippen molar-refractivity contribution in [2.45, 2.75) is 44.7 Å². The van der Waals surface area contributed by atoms with E-state index in [0.29, 0.717) is 19.3 Å². The molecular formula is C24H32N8O2. The van der Waals surface area contributed by atoms with Gasteiger partial charge in [-0.25, -0.2) is 15.0 Å². The molecule has 4 aliphatic rings. The molecule has 2 N–H and O–H groups in total. The number of fused-ring (bicyclic) bond motifs is 1. The minimum Gasteiger partial charge on any atom is -0.378 e. The molecule has 1 aliphatic carbocycles. The van der Waals surface area contributed by atoms with Crippen LogP contribution in [0.3, 0.4) is 0 Å². The molecule has 0 bridgehead atoms. The van der Waals surface area contributed by atoms with Gasteiger partial charge in [0.15, 0.2) is 0 Å². The highest BCUT2D eigenvalue weighted by Crippen LogP contribution is 2.50. The number of hydrogen-bond acceptors (Lipinski definition) is 10. The van der Waals surface area contributed by atoms with E-state index in [1.165, 1.54) is 0 Å². The van der Waals surface area contributed by atoms with Crippen molar-refractivity contribution in [1.82, 2.24) is 24.8 Å². The monoisotopic (exact) mass is 464 g/mol. The van der Waals surface area contributed by atoms with Crippen molar-refractivity contribution in [3.05, 3.63) is 18.0 Å². The molecule has 0 amide bonds. The van der Waals surface area contributed by atoms with Gasteiger partial charge in [-0.2, -0.15) is 4.98 Å². The highest BCUT2D eigenvalue weighted by molar-refractivity contribution is 5.73. The third kappa shape index (κ3) is 3.51. The maximum absolute atomic E-state index is 11.5. The van der Waals surface area contributed by atoms with E-state index in [-0.39, 0.29) is 16.9 Å². The van der Waals surface area contributed by atoms with Gasteiger partial charge >= 0.3 is 0 Å². The van der Waals surface area contributed by atoms with Crippen LogP contribution < -0.4 is 15.5 Å². The fourth-order valence-corrected chi connectivity index (χ4v) is 5.87. The lowest BCUT2D eigenvalue weighted by Gasteiger charge is -2.37. The number of carbonyl (C=O) groups is 1. The summed E-state index contributed by atoms with van der Waals surface area (Å²) in [5.74, 6) is 2.00. The van der Waals surface area contributed by atoms with Crippen LogP contribution in [-0.2, 0) is 16.0 Å². The van der Waals surface area contributed by atoms with Crippen molar-refractivity contribution in [2.24, 2.45) is 5.41 Å². The Morgan fingerprint density at radius 1 is 1.12 bits per heavy atom. The Morgan fingerprint density at radius 2 is 1.88 bits per heavy atom. The Balaban J connectivity index is 1.36. The molecule has 34 heavy (non-hydrogen) atoms. The van der Waals surface area contributed by atoms with Crippen LogP contribution in [0.4, 0.5) is 17.7 Å². The number of anilines is 3. The van der Waals surface area contributed by atoms with E-state index in [0.717, 1.165) is 86.9 Å². The van der Waals surface area contributed by atoms with E-state index in [1.54, 1.807) is 12.4 Å². The lowest BCUT2D eigenvalue weighted by molar-refractivity contribution is -0.112. The van der Waals surface area contributed by atoms with Crippen molar-refractivity contribution < 1.29 is 9.53 Å². The fraction of sp³-hybridized carbons (Fsp3) is 0.625. The molecule has 1 saturated carbocycles. The molecule has 0 aromatic carbocycles. The summed E-state index contributed by atoms with van der Waals surface area (Å²) in [4.78, 5) is 37.3. The second-order valence-electron chi connectivity index (χ2n) is 10.6. The molecule has 2 saturated heterocycles. The number of rotatable bonds is 5. The first-order valence-electron chi connectivity index (χ1n) is 12.2. The van der Waals surface area contributed by atoms with E-state index in [2.05, 4.69) is 38.5 Å². The first-order valence-corrected chi connectivity index (χ1v) is 12.2. The number of nitrogens with two attached hydrogens (primary N) is 1. The van der Waals surface area contributed by atoms with Gasteiger partial charge in [-0.15, -0.1) is 0 Å². The minimum absolute atomic E-state index is 0.0385. The predicted molar refractivity (Wildman–Crippen MR) is 129 cm³/mol. The third-order valence-corrected chi connectivity index (χ3v) is 8.13. The number of morpholine rings is 1. The van der Waals surface area contributed by atoms with Crippen molar-refractivity contribution in [1.29, 1.82) is 0 Å². The summed E-state index contributed by atoms with van der Waals surface area (Å²) < 4.78 is 5.55. The summed E-state index contributed by atoms with van der Waals surface area (Å²) in [6, 6.07) is 0.366. The standard InChI is InChI=1S/C24H32N8O2/c1-23(15-33)11-18(23)31-6-4-24(2,14-31)32-5-3-17-19(16-12-26-21(25)27-13-16)28-22(29-20(17)32)30-7-9-34-10-8-30/h12-13,15,18H,3-11,14H2,1-2H3,(H2,25,26,27)/t18?,23?,24-/m0/s1. The van der Waals surface area contributed by atoms with Gasteiger partial charge in [0.2, 0.25) is 11.9 Å². The molecule has 2 unspecified atom stereocenters. The summed E-state index contributed by atoms with van der Waals surface area (Å²) in [6.07, 6.45) is 7.54. The van der Waals surface area contributed by atoms with Crippen LogP contribution >= 0.6 is 0 Å². The van der Waals surface area contributed by atoms with Crippen molar-refractivity contribution in [3.8, 4) is 11.3 Å². The molecule has 2 aromatic heterocycles. The summed E-state index contributed by atoms with van der Waals surface area (Å²) in [5.41, 5.74) is 8.43. The van der Waals surface area contributed by atoms with Gasteiger partial charge in [0.1, 0.15) is 12.1 Å². The summed E-state index contributed by atoms with van der Waals surface area (Å²) in [5, 5.41) is 0. The number of hydrogen-bond donors (Lipinski definition) is 1. The van der Waals surface area contributed by atoms with Crippen molar-refractivity contribution >= 4 is 24.0 Å². The molecule has 10 nitrogen and oxygen atoms in total. The molecule has 3 atom stereocenters. The lowest BCUT2D eigenvalue weighted by Crippen LogP contribution is -2.48. The zero-order valence-electron chi connectivity index (χ0n) is 19.9. The number of carbonyl (C=O) groups excluding carboxylic acids is 1. The Bertz CT molecular complexity index is 1100. The van der Waals surface area contributed by atoms with Crippen LogP contribution in [0, 0.1) is 5.41 Å². The Kier molecular flexibility index (Phi) is 5.00. The Hall–Kier alpha value is -2.85. The maximum atomic E-state index is 11.5. The zero-order valence-corrected chi connectivity index (χ0v) is 19.9. The average molecular weight is 465 g/mol. The van der Waals surface area contributed by atoms with Gasteiger partial charge in [-0.05, 0) is 26.2 Å². The van der Waals surface area contributed by atoms with Gasteiger partial charge in [0, 0.05) is 67.7 Å². The molecule has 0 radical (unpaired) electrons. The van der Waals surface area contributed by atoms with Crippen LogP contribution in [0.25, 0.3) is 11.3 Å². The van der Waals surface area contributed by atoms with Crippen LogP contribution in [0.15, 0.2) is 12.4 Å². The van der Waals surface area contributed by atoms with Gasteiger partial charge < -0.3 is 25.1 Å². The molecule has 3 aliphatic heterocycles. The predicted octanol–water partition coefficient (Wildman–Crippen LogP) is 1.16. The van der Waals surface area contributed by atoms with E-state index >= 15 is 0 Å². The first-order chi connectivity index (χ1) is 16.4. The van der Waals surface area contributed by atoms with E-state index in [9.17, 15) is 4.79 Å². The molecule has 180 valence electrons. The molecule has 2 aromatic rings. The minimum atomic E-state index is -0.178. The second kappa shape index (κ2) is 7.84. The van der Waals surface area contributed by atoms with E-state index in [4.69, 9.17) is 20.4 Å². The van der Waals surface area contributed by atoms with Gasteiger partial charge in [-0.1, -0.05) is 6.92 Å². The van der Waals surface area contributed by atoms with Crippen molar-refractivity contribution in [2.75, 3.05) is 61.5 Å². The highest BCUT2D eigenvalue weighted by Gasteiger charge is 2.57. The summed E-state index contributed by atoms with van der Waals surface area (Å²) in [6.45, 7) is 10.2. The normalized spacial score (nSPS) is 31.1. The second-order valence-corrected chi connectivity index (χ2v) is 10.6. The molecular weight excluding hydrogens is 432 g/mol. The summed E-state index contributed by atoms with van der Waals surface area (Å²) in [7, 11) is 0. The van der Waals surface area contributed by atoms with Crippen LogP contribution in [-0.4, -0.2) is 88.6 Å². The molecule has 6 rings (SSSR count). The third-order valence-electron chi connectivity index (χ3n) is 8.13. The number of aldehydes is 1. The molecule has 10 heteroatoms. The number of nitrogens with zero attached hydrogens (tertiary/aromatic N) is 7. The molecule has 3 fully saturated rings. The smallest absolute Gasteiger partial charge is 0.228 e. The number of aromatic nitrogens is 4. The molecule has 5 heterocycles. The van der Waals surface area contributed by atoms with Crippen molar-refractivity contribution in [3.63, 3.8) is 0 Å². The highest BCUT2D eigenvalue weighted by atomic mass is 16.5.